The van der Waals surface area contributed by atoms with Crippen LogP contribution in [0.25, 0.3) is 0 Å². The molecule has 21 heavy (non-hydrogen) atoms. The summed E-state index contributed by atoms with van der Waals surface area (Å²) in [5, 5.41) is 0. The van der Waals surface area contributed by atoms with Crippen LogP contribution in [-0.4, -0.2) is 45.1 Å². The molecule has 0 spiro atoms. The molecule has 2 unspecified atom stereocenters. The lowest BCUT2D eigenvalue weighted by atomic mass is 9.87. The maximum atomic E-state index is 4.43. The summed E-state index contributed by atoms with van der Waals surface area (Å²) in [6, 6.07) is 5.18. The van der Waals surface area contributed by atoms with E-state index in [1.54, 1.807) is 12.7 Å². The molecule has 0 saturated carbocycles. The van der Waals surface area contributed by atoms with Gasteiger partial charge in [0.15, 0.2) is 0 Å². The molecule has 2 aromatic heterocycles. The van der Waals surface area contributed by atoms with E-state index in [0.29, 0.717) is 12.1 Å². The molecule has 2 aromatic rings. The summed E-state index contributed by atoms with van der Waals surface area (Å²) in [4.78, 5) is 22.0. The summed E-state index contributed by atoms with van der Waals surface area (Å²) < 4.78 is 0. The van der Waals surface area contributed by atoms with Crippen LogP contribution in [0.15, 0.2) is 24.8 Å². The van der Waals surface area contributed by atoms with Crippen LogP contribution in [0.5, 0.6) is 0 Å². The van der Waals surface area contributed by atoms with E-state index in [2.05, 4.69) is 41.9 Å². The molecule has 0 amide bonds. The summed E-state index contributed by atoms with van der Waals surface area (Å²) in [7, 11) is 0. The first-order chi connectivity index (χ1) is 10.2. The van der Waals surface area contributed by atoms with E-state index < -0.39 is 0 Å². The number of piperidine rings is 1. The number of anilines is 2. The molecule has 3 fully saturated rings. The Morgan fingerprint density at radius 1 is 0.857 bits per heavy atom. The van der Waals surface area contributed by atoms with E-state index in [1.165, 1.54) is 6.42 Å². The molecular formula is C15H18N6. The number of piperazine rings is 1. The van der Waals surface area contributed by atoms with Crippen LogP contribution >= 0.6 is 0 Å². The Labute approximate surface area is 123 Å². The minimum absolute atomic E-state index is 0.522. The predicted molar refractivity (Wildman–Crippen MR) is 80.4 cm³/mol. The number of fused-ring (bicyclic) bond motifs is 2. The van der Waals surface area contributed by atoms with Gasteiger partial charge in [0.05, 0.1) is 12.1 Å². The molecule has 0 aromatic carbocycles. The van der Waals surface area contributed by atoms with Gasteiger partial charge in [-0.2, -0.15) is 0 Å². The molecule has 108 valence electrons. The van der Waals surface area contributed by atoms with E-state index in [-0.39, 0.29) is 0 Å². The SMILES string of the molecule is Cc1cc(N2CC3CC(C2)N3c2cc(C)ncn2)ncn1. The highest BCUT2D eigenvalue weighted by molar-refractivity contribution is 5.52. The molecule has 2 atom stereocenters. The minimum Gasteiger partial charge on any atom is -0.352 e. The molecule has 2 bridgehead atoms. The van der Waals surface area contributed by atoms with Crippen molar-refractivity contribution in [3.63, 3.8) is 0 Å². The normalized spacial score (nSPS) is 23.9. The van der Waals surface area contributed by atoms with Gasteiger partial charge in [-0.1, -0.05) is 0 Å². The third-order valence-electron chi connectivity index (χ3n) is 4.36. The Morgan fingerprint density at radius 2 is 1.43 bits per heavy atom. The first-order valence-corrected chi connectivity index (χ1v) is 7.31. The highest BCUT2D eigenvalue weighted by atomic mass is 15.4. The average molecular weight is 282 g/mol. The highest BCUT2D eigenvalue weighted by Gasteiger charge is 2.45. The first-order valence-electron chi connectivity index (χ1n) is 7.31. The second-order valence-electron chi connectivity index (χ2n) is 5.89. The fraction of sp³-hybridized carbons (Fsp3) is 0.467. The van der Waals surface area contributed by atoms with Crippen molar-refractivity contribution >= 4 is 11.6 Å². The van der Waals surface area contributed by atoms with Crippen LogP contribution < -0.4 is 9.80 Å². The van der Waals surface area contributed by atoms with Crippen molar-refractivity contribution < 1.29 is 0 Å². The van der Waals surface area contributed by atoms with Crippen molar-refractivity contribution in [1.82, 2.24) is 19.9 Å². The number of hydrogen-bond donors (Lipinski definition) is 0. The number of nitrogens with zero attached hydrogens (tertiary/aromatic N) is 6. The minimum atomic E-state index is 0.522. The molecule has 0 aliphatic carbocycles. The largest absolute Gasteiger partial charge is 0.352 e. The van der Waals surface area contributed by atoms with E-state index >= 15 is 0 Å². The number of aromatic nitrogens is 4. The topological polar surface area (TPSA) is 58.0 Å². The van der Waals surface area contributed by atoms with E-state index in [1.807, 2.05) is 13.8 Å². The molecule has 6 heteroatoms. The second-order valence-corrected chi connectivity index (χ2v) is 5.89. The highest BCUT2D eigenvalue weighted by Crippen LogP contribution is 2.37. The molecule has 3 aliphatic rings. The zero-order valence-corrected chi connectivity index (χ0v) is 12.3. The van der Waals surface area contributed by atoms with Crippen LogP contribution in [0.4, 0.5) is 11.6 Å². The van der Waals surface area contributed by atoms with Gasteiger partial charge in [0.2, 0.25) is 0 Å². The van der Waals surface area contributed by atoms with Gasteiger partial charge in [-0.05, 0) is 20.3 Å². The average Bonchev–Trinajstić information content (AvgIpc) is 2.47. The lowest BCUT2D eigenvalue weighted by molar-refractivity contribution is 0.287. The molecule has 5 heterocycles. The Hall–Kier alpha value is -2.24. The van der Waals surface area contributed by atoms with Crippen molar-refractivity contribution in [3.05, 3.63) is 36.2 Å². The number of hydrogen-bond acceptors (Lipinski definition) is 6. The summed E-state index contributed by atoms with van der Waals surface area (Å²) in [5.41, 5.74) is 2.04. The summed E-state index contributed by atoms with van der Waals surface area (Å²) in [6.45, 7) is 6.01. The third kappa shape index (κ3) is 2.11. The van der Waals surface area contributed by atoms with Gasteiger partial charge in [0.25, 0.3) is 0 Å². The quantitative estimate of drug-likeness (QED) is 0.829. The van der Waals surface area contributed by atoms with Crippen LogP contribution in [0, 0.1) is 13.8 Å². The second kappa shape index (κ2) is 4.65. The Kier molecular flexibility index (Phi) is 2.77. The van der Waals surface area contributed by atoms with Gasteiger partial charge in [0, 0.05) is 36.6 Å². The Morgan fingerprint density at radius 3 is 2.05 bits per heavy atom. The van der Waals surface area contributed by atoms with Crippen molar-refractivity contribution in [3.8, 4) is 0 Å². The monoisotopic (exact) mass is 282 g/mol. The molecule has 0 radical (unpaired) electrons. The Bertz CT molecular complexity index is 661. The van der Waals surface area contributed by atoms with Crippen LogP contribution in [0.3, 0.4) is 0 Å². The zero-order valence-electron chi connectivity index (χ0n) is 12.3. The molecule has 5 rings (SSSR count). The van der Waals surface area contributed by atoms with Crippen molar-refractivity contribution in [2.24, 2.45) is 0 Å². The molecule has 3 aliphatic heterocycles. The van der Waals surface area contributed by atoms with Gasteiger partial charge in [-0.15, -0.1) is 0 Å². The van der Waals surface area contributed by atoms with Gasteiger partial charge in [-0.25, -0.2) is 19.9 Å². The smallest absolute Gasteiger partial charge is 0.132 e. The van der Waals surface area contributed by atoms with Crippen molar-refractivity contribution in [2.75, 3.05) is 22.9 Å². The molecular weight excluding hydrogens is 264 g/mol. The van der Waals surface area contributed by atoms with Gasteiger partial charge >= 0.3 is 0 Å². The number of rotatable bonds is 2. The van der Waals surface area contributed by atoms with E-state index in [4.69, 9.17) is 0 Å². The number of aryl methyl sites for hydroxylation is 2. The predicted octanol–water partition coefficient (Wildman–Crippen LogP) is 1.35. The summed E-state index contributed by atoms with van der Waals surface area (Å²) >= 11 is 0. The molecule has 3 saturated heterocycles. The Balaban J connectivity index is 1.54. The lowest BCUT2D eigenvalue weighted by Gasteiger charge is -2.57. The fourth-order valence-corrected chi connectivity index (χ4v) is 3.37. The molecule has 6 nitrogen and oxygen atoms in total. The van der Waals surface area contributed by atoms with Crippen LogP contribution in [0.1, 0.15) is 17.8 Å². The lowest BCUT2D eigenvalue weighted by Crippen LogP contribution is -2.69. The summed E-state index contributed by atoms with van der Waals surface area (Å²) in [5.74, 6) is 2.10. The third-order valence-corrected chi connectivity index (χ3v) is 4.36. The first kappa shape index (κ1) is 12.5. The van der Waals surface area contributed by atoms with E-state index in [9.17, 15) is 0 Å². The standard InChI is InChI=1S/C15H18N6/c1-10-3-14(18-8-16-10)20-6-12-5-13(7-20)21(12)15-4-11(2)17-9-19-15/h3-4,8-9,12-13H,5-7H2,1-2H3. The maximum Gasteiger partial charge on any atom is 0.132 e. The van der Waals surface area contributed by atoms with Gasteiger partial charge < -0.3 is 9.80 Å². The molecule has 0 N–H and O–H groups in total. The van der Waals surface area contributed by atoms with Crippen LogP contribution in [-0.2, 0) is 0 Å². The zero-order chi connectivity index (χ0) is 14.4. The van der Waals surface area contributed by atoms with Crippen LogP contribution in [0.2, 0.25) is 0 Å². The summed E-state index contributed by atoms with van der Waals surface area (Å²) in [6.07, 6.45) is 4.55. The fourth-order valence-electron chi connectivity index (χ4n) is 3.37. The van der Waals surface area contributed by atoms with Crippen molar-refractivity contribution in [2.45, 2.75) is 32.4 Å². The van der Waals surface area contributed by atoms with Crippen molar-refractivity contribution in [1.29, 1.82) is 0 Å². The van der Waals surface area contributed by atoms with Gasteiger partial charge in [0.1, 0.15) is 24.3 Å². The maximum absolute atomic E-state index is 4.43. The van der Waals surface area contributed by atoms with Gasteiger partial charge in [-0.3, -0.25) is 0 Å². The van der Waals surface area contributed by atoms with E-state index in [0.717, 1.165) is 36.1 Å².